The highest BCUT2D eigenvalue weighted by molar-refractivity contribution is 5.94. The Labute approximate surface area is 138 Å². The fraction of sp³-hybridized carbons (Fsp3) is 0.579. The number of benzene rings is 1. The summed E-state index contributed by atoms with van der Waals surface area (Å²) in [4.78, 5) is 26.6. The third-order valence-corrected chi connectivity index (χ3v) is 5.37. The van der Waals surface area contributed by atoms with Gasteiger partial charge in [0.2, 0.25) is 5.91 Å². The van der Waals surface area contributed by atoms with Gasteiger partial charge in [-0.3, -0.25) is 9.59 Å². The quantitative estimate of drug-likeness (QED) is 0.932. The number of piperidine rings is 1. The summed E-state index contributed by atoms with van der Waals surface area (Å²) >= 11 is 0. The molecule has 0 spiro atoms. The Balaban J connectivity index is 1.50. The van der Waals surface area contributed by atoms with Crippen molar-refractivity contribution in [3.05, 3.63) is 34.9 Å². The number of hydrogen-bond acceptors (Lipinski definition) is 2. The number of aryl methyl sites for hydroxylation is 2. The topological polar surface area (TPSA) is 49.4 Å². The zero-order valence-electron chi connectivity index (χ0n) is 14.1. The smallest absolute Gasteiger partial charge is 0.251 e. The molecule has 2 aliphatic rings. The van der Waals surface area contributed by atoms with E-state index >= 15 is 0 Å². The van der Waals surface area contributed by atoms with E-state index in [0.29, 0.717) is 5.91 Å². The summed E-state index contributed by atoms with van der Waals surface area (Å²) in [6.07, 6.45) is 5.02. The molecule has 0 unspecified atom stereocenters. The van der Waals surface area contributed by atoms with Gasteiger partial charge in [-0.05, 0) is 62.8 Å². The maximum atomic E-state index is 12.4. The highest BCUT2D eigenvalue weighted by atomic mass is 16.2. The lowest BCUT2D eigenvalue weighted by atomic mass is 9.84. The van der Waals surface area contributed by atoms with Crippen LogP contribution in [0.5, 0.6) is 0 Å². The molecular weight excluding hydrogens is 288 g/mol. The molecule has 0 bridgehead atoms. The maximum absolute atomic E-state index is 12.4. The van der Waals surface area contributed by atoms with Crippen LogP contribution in [0.1, 0.15) is 53.6 Å². The standard InChI is InChI=1S/C19H26N2O2/c1-13-6-7-16(12-14(13)2)18(22)20-17-8-10-21(11-9-17)19(23)15-4-3-5-15/h6-7,12,15,17H,3-5,8-11H2,1-2H3,(H,20,22). The van der Waals surface area contributed by atoms with Crippen LogP contribution in [0.15, 0.2) is 18.2 Å². The first-order chi connectivity index (χ1) is 11.0. The number of carbonyl (C=O) groups is 2. The molecule has 1 aromatic carbocycles. The van der Waals surface area contributed by atoms with Gasteiger partial charge in [0.05, 0.1) is 0 Å². The average molecular weight is 314 g/mol. The molecule has 1 saturated carbocycles. The van der Waals surface area contributed by atoms with Gasteiger partial charge in [-0.2, -0.15) is 0 Å². The summed E-state index contributed by atoms with van der Waals surface area (Å²) in [7, 11) is 0. The van der Waals surface area contributed by atoms with Crippen molar-refractivity contribution in [2.75, 3.05) is 13.1 Å². The molecule has 23 heavy (non-hydrogen) atoms. The van der Waals surface area contributed by atoms with Crippen LogP contribution in [0, 0.1) is 19.8 Å². The van der Waals surface area contributed by atoms with Crippen molar-refractivity contribution in [1.29, 1.82) is 0 Å². The lowest BCUT2D eigenvalue weighted by Crippen LogP contribution is -2.48. The molecule has 0 atom stereocenters. The van der Waals surface area contributed by atoms with E-state index in [1.54, 1.807) is 0 Å². The van der Waals surface area contributed by atoms with Crippen molar-refractivity contribution in [2.45, 2.75) is 52.0 Å². The number of carbonyl (C=O) groups excluding carboxylic acids is 2. The van der Waals surface area contributed by atoms with Gasteiger partial charge in [0.1, 0.15) is 0 Å². The lowest BCUT2D eigenvalue weighted by Gasteiger charge is -2.36. The minimum absolute atomic E-state index is 0.00290. The predicted molar refractivity (Wildman–Crippen MR) is 90.3 cm³/mol. The molecule has 1 saturated heterocycles. The van der Waals surface area contributed by atoms with E-state index in [4.69, 9.17) is 0 Å². The third-order valence-electron chi connectivity index (χ3n) is 5.37. The first-order valence-corrected chi connectivity index (χ1v) is 8.71. The van der Waals surface area contributed by atoms with Crippen LogP contribution in [0.25, 0.3) is 0 Å². The number of rotatable bonds is 3. The molecule has 1 aliphatic heterocycles. The van der Waals surface area contributed by atoms with Gasteiger partial charge in [-0.1, -0.05) is 12.5 Å². The number of likely N-dealkylation sites (tertiary alicyclic amines) is 1. The summed E-state index contributed by atoms with van der Waals surface area (Å²) in [5.74, 6) is 0.601. The van der Waals surface area contributed by atoms with Crippen LogP contribution in [0.4, 0.5) is 0 Å². The molecule has 2 fully saturated rings. The fourth-order valence-electron chi connectivity index (χ4n) is 3.31. The fourth-order valence-corrected chi connectivity index (χ4v) is 3.31. The normalized spacial score (nSPS) is 19.3. The molecule has 4 nitrogen and oxygen atoms in total. The van der Waals surface area contributed by atoms with Crippen molar-refractivity contribution in [2.24, 2.45) is 5.92 Å². The molecule has 0 radical (unpaired) electrons. The first kappa shape index (κ1) is 16.0. The van der Waals surface area contributed by atoms with Gasteiger partial charge >= 0.3 is 0 Å². The Hall–Kier alpha value is -1.84. The molecule has 1 aliphatic carbocycles. The van der Waals surface area contributed by atoms with E-state index in [9.17, 15) is 9.59 Å². The Bertz CT molecular complexity index is 599. The van der Waals surface area contributed by atoms with Crippen molar-refractivity contribution in [3.63, 3.8) is 0 Å². The molecule has 1 aromatic rings. The summed E-state index contributed by atoms with van der Waals surface area (Å²) in [6, 6.07) is 5.99. The maximum Gasteiger partial charge on any atom is 0.251 e. The molecule has 4 heteroatoms. The van der Waals surface area contributed by atoms with E-state index in [-0.39, 0.29) is 17.9 Å². The summed E-state index contributed by atoms with van der Waals surface area (Å²) in [5, 5.41) is 3.12. The number of nitrogens with one attached hydrogen (secondary N) is 1. The van der Waals surface area contributed by atoms with Crippen LogP contribution in [0.3, 0.4) is 0 Å². The molecule has 1 N–H and O–H groups in total. The van der Waals surface area contributed by atoms with E-state index in [0.717, 1.165) is 49.9 Å². The van der Waals surface area contributed by atoms with Gasteiger partial charge in [-0.25, -0.2) is 0 Å². The second-order valence-corrected chi connectivity index (χ2v) is 7.00. The van der Waals surface area contributed by atoms with Crippen LogP contribution >= 0.6 is 0 Å². The van der Waals surface area contributed by atoms with Crippen LogP contribution < -0.4 is 5.32 Å². The van der Waals surface area contributed by atoms with E-state index in [1.165, 1.54) is 12.0 Å². The molecule has 1 heterocycles. The molecule has 0 aromatic heterocycles. The minimum atomic E-state index is -0.00290. The van der Waals surface area contributed by atoms with E-state index in [2.05, 4.69) is 5.32 Å². The largest absolute Gasteiger partial charge is 0.349 e. The summed E-state index contributed by atoms with van der Waals surface area (Å²) < 4.78 is 0. The van der Waals surface area contributed by atoms with Crippen LogP contribution in [0.2, 0.25) is 0 Å². The number of nitrogens with zero attached hydrogens (tertiary/aromatic N) is 1. The number of hydrogen-bond donors (Lipinski definition) is 1. The van der Waals surface area contributed by atoms with E-state index < -0.39 is 0 Å². The van der Waals surface area contributed by atoms with Crippen LogP contribution in [-0.4, -0.2) is 35.8 Å². The Morgan fingerprint density at radius 2 is 1.74 bits per heavy atom. The van der Waals surface area contributed by atoms with Crippen molar-refractivity contribution < 1.29 is 9.59 Å². The third kappa shape index (κ3) is 3.57. The predicted octanol–water partition coefficient (Wildman–Crippen LogP) is 2.82. The highest BCUT2D eigenvalue weighted by Crippen LogP contribution is 2.29. The summed E-state index contributed by atoms with van der Waals surface area (Å²) in [6.45, 7) is 5.61. The summed E-state index contributed by atoms with van der Waals surface area (Å²) in [5.41, 5.74) is 3.06. The van der Waals surface area contributed by atoms with Crippen molar-refractivity contribution >= 4 is 11.8 Å². The van der Waals surface area contributed by atoms with Crippen LogP contribution in [-0.2, 0) is 4.79 Å². The van der Waals surface area contributed by atoms with Crippen molar-refractivity contribution in [3.8, 4) is 0 Å². The van der Waals surface area contributed by atoms with Gasteiger partial charge < -0.3 is 10.2 Å². The first-order valence-electron chi connectivity index (χ1n) is 8.71. The zero-order chi connectivity index (χ0) is 16.4. The van der Waals surface area contributed by atoms with Crippen molar-refractivity contribution in [1.82, 2.24) is 10.2 Å². The molecular formula is C19H26N2O2. The Morgan fingerprint density at radius 1 is 1.04 bits per heavy atom. The minimum Gasteiger partial charge on any atom is -0.349 e. The lowest BCUT2D eigenvalue weighted by molar-refractivity contribution is -0.139. The zero-order valence-corrected chi connectivity index (χ0v) is 14.1. The number of amides is 2. The monoisotopic (exact) mass is 314 g/mol. The van der Waals surface area contributed by atoms with Gasteiger partial charge in [0.15, 0.2) is 0 Å². The molecule has 2 amide bonds. The van der Waals surface area contributed by atoms with E-state index in [1.807, 2.05) is 36.9 Å². The van der Waals surface area contributed by atoms with Gasteiger partial charge in [-0.15, -0.1) is 0 Å². The average Bonchev–Trinajstić information content (AvgIpc) is 2.49. The van der Waals surface area contributed by atoms with Gasteiger partial charge in [0, 0.05) is 30.6 Å². The Morgan fingerprint density at radius 3 is 2.30 bits per heavy atom. The second kappa shape index (κ2) is 6.73. The molecule has 124 valence electrons. The van der Waals surface area contributed by atoms with Gasteiger partial charge in [0.25, 0.3) is 5.91 Å². The SMILES string of the molecule is Cc1ccc(C(=O)NC2CCN(C(=O)C3CCC3)CC2)cc1C. The second-order valence-electron chi connectivity index (χ2n) is 7.00. The highest BCUT2D eigenvalue weighted by Gasteiger charge is 2.31. The molecule has 3 rings (SSSR count). The Kier molecular flexibility index (Phi) is 4.69.